The van der Waals surface area contributed by atoms with E-state index in [-0.39, 0.29) is 0 Å². The van der Waals surface area contributed by atoms with Gasteiger partial charge < -0.3 is 5.32 Å². The molecular weight excluding hydrogens is 244 g/mol. The topological polar surface area (TPSA) is 15.3 Å². The van der Waals surface area contributed by atoms with Crippen molar-refractivity contribution in [1.82, 2.24) is 10.2 Å². The van der Waals surface area contributed by atoms with Gasteiger partial charge in [0.25, 0.3) is 0 Å². The smallest absolute Gasteiger partial charge is 0.0252 e. The summed E-state index contributed by atoms with van der Waals surface area (Å²) in [6, 6.07) is 12.2. The molecular formula is C18H26N2. The molecule has 1 saturated heterocycles. The molecule has 1 aromatic rings. The molecule has 0 spiro atoms. The summed E-state index contributed by atoms with van der Waals surface area (Å²) in [5, 5.41) is 3.83. The number of allylic oxidation sites excluding steroid dienone is 1. The highest BCUT2D eigenvalue weighted by Crippen LogP contribution is 2.17. The minimum absolute atomic E-state index is 0.634. The molecule has 1 fully saturated rings. The molecule has 0 amide bonds. The number of piperidine rings is 1. The summed E-state index contributed by atoms with van der Waals surface area (Å²) in [6.07, 6.45) is 11.2. The molecule has 1 aromatic carbocycles. The molecule has 1 atom stereocenters. The number of hydrogen-bond donors (Lipinski definition) is 1. The molecule has 1 heterocycles. The zero-order chi connectivity index (χ0) is 13.6. The molecule has 0 bridgehead atoms. The highest BCUT2D eigenvalue weighted by atomic mass is 15.1. The van der Waals surface area contributed by atoms with Gasteiger partial charge in [-0.15, -0.1) is 0 Å². The molecule has 1 aliphatic carbocycles. The van der Waals surface area contributed by atoms with Crippen molar-refractivity contribution in [3.05, 3.63) is 48.0 Å². The first-order valence-corrected chi connectivity index (χ1v) is 8.09. The molecule has 2 nitrogen and oxygen atoms in total. The number of nitrogens with zero attached hydrogens (tertiary/aromatic N) is 1. The minimum Gasteiger partial charge on any atom is -0.308 e. The molecule has 20 heavy (non-hydrogen) atoms. The van der Waals surface area contributed by atoms with Crippen LogP contribution in [0.15, 0.2) is 42.5 Å². The van der Waals surface area contributed by atoms with E-state index in [1.165, 1.54) is 50.8 Å². The first kappa shape index (κ1) is 13.8. The Bertz CT molecular complexity index is 418. The van der Waals surface area contributed by atoms with Gasteiger partial charge in [0.2, 0.25) is 0 Å². The van der Waals surface area contributed by atoms with Gasteiger partial charge in [0.05, 0.1) is 0 Å². The zero-order valence-corrected chi connectivity index (χ0v) is 12.3. The fraction of sp³-hybridized carbons (Fsp3) is 0.556. The van der Waals surface area contributed by atoms with Crippen LogP contribution in [0.3, 0.4) is 0 Å². The van der Waals surface area contributed by atoms with E-state index in [0.717, 1.165) is 12.6 Å². The zero-order valence-electron chi connectivity index (χ0n) is 12.3. The van der Waals surface area contributed by atoms with E-state index < -0.39 is 0 Å². The number of nitrogens with one attached hydrogen (secondary N) is 1. The van der Waals surface area contributed by atoms with Crippen molar-refractivity contribution in [2.75, 3.05) is 13.1 Å². The van der Waals surface area contributed by atoms with Crippen LogP contribution in [0.5, 0.6) is 0 Å². The first-order chi connectivity index (χ1) is 9.90. The fourth-order valence-corrected chi connectivity index (χ4v) is 3.35. The monoisotopic (exact) mass is 270 g/mol. The van der Waals surface area contributed by atoms with E-state index in [4.69, 9.17) is 0 Å². The summed E-state index contributed by atoms with van der Waals surface area (Å²) < 4.78 is 0. The van der Waals surface area contributed by atoms with Crippen LogP contribution >= 0.6 is 0 Å². The van der Waals surface area contributed by atoms with Crippen LogP contribution in [0.4, 0.5) is 0 Å². The van der Waals surface area contributed by atoms with Crippen LogP contribution in [0.1, 0.15) is 37.7 Å². The molecule has 0 saturated carbocycles. The quantitative estimate of drug-likeness (QED) is 0.844. The summed E-state index contributed by atoms with van der Waals surface area (Å²) in [5.74, 6) is 0. The number of rotatable bonds is 4. The Kier molecular flexibility index (Phi) is 4.88. The molecule has 2 aliphatic rings. The van der Waals surface area contributed by atoms with E-state index in [0.29, 0.717) is 6.04 Å². The predicted molar refractivity (Wildman–Crippen MR) is 84.7 cm³/mol. The summed E-state index contributed by atoms with van der Waals surface area (Å²) in [7, 11) is 0. The van der Waals surface area contributed by atoms with Crippen LogP contribution in [-0.4, -0.2) is 30.1 Å². The van der Waals surface area contributed by atoms with Gasteiger partial charge in [-0.3, -0.25) is 4.90 Å². The Balaban J connectivity index is 1.42. The van der Waals surface area contributed by atoms with Gasteiger partial charge in [0.1, 0.15) is 0 Å². The summed E-state index contributed by atoms with van der Waals surface area (Å²) in [5.41, 5.74) is 1.44. The van der Waals surface area contributed by atoms with Gasteiger partial charge in [0.15, 0.2) is 0 Å². The van der Waals surface area contributed by atoms with Crippen molar-refractivity contribution in [2.24, 2.45) is 0 Å². The van der Waals surface area contributed by atoms with E-state index >= 15 is 0 Å². The Morgan fingerprint density at radius 2 is 1.85 bits per heavy atom. The predicted octanol–water partition coefficient (Wildman–Crippen LogP) is 3.35. The maximum absolute atomic E-state index is 3.83. The third-order valence-corrected chi connectivity index (χ3v) is 4.54. The lowest BCUT2D eigenvalue weighted by Gasteiger charge is -2.34. The molecule has 0 aromatic heterocycles. The Morgan fingerprint density at radius 1 is 1.05 bits per heavy atom. The van der Waals surface area contributed by atoms with Crippen molar-refractivity contribution >= 4 is 0 Å². The number of hydrogen-bond acceptors (Lipinski definition) is 2. The van der Waals surface area contributed by atoms with Crippen LogP contribution < -0.4 is 5.32 Å². The third kappa shape index (κ3) is 3.94. The fourth-order valence-electron chi connectivity index (χ4n) is 3.35. The lowest BCUT2D eigenvalue weighted by atomic mass is 9.98. The van der Waals surface area contributed by atoms with Crippen molar-refractivity contribution in [3.63, 3.8) is 0 Å². The van der Waals surface area contributed by atoms with E-state index in [2.05, 4.69) is 52.7 Å². The lowest BCUT2D eigenvalue weighted by molar-refractivity contribution is 0.186. The van der Waals surface area contributed by atoms with Crippen LogP contribution in [0.2, 0.25) is 0 Å². The second-order valence-electron chi connectivity index (χ2n) is 6.17. The minimum atomic E-state index is 0.634. The van der Waals surface area contributed by atoms with Crippen molar-refractivity contribution < 1.29 is 0 Å². The van der Waals surface area contributed by atoms with E-state index in [1.54, 1.807) is 0 Å². The summed E-state index contributed by atoms with van der Waals surface area (Å²) >= 11 is 0. The van der Waals surface area contributed by atoms with E-state index in [9.17, 15) is 0 Å². The average Bonchev–Trinajstić information content (AvgIpc) is 2.51. The molecule has 1 aliphatic heterocycles. The molecule has 108 valence electrons. The summed E-state index contributed by atoms with van der Waals surface area (Å²) in [4.78, 5) is 2.59. The SMILES string of the molecule is C1=CC(NC2CCN(Cc3ccccc3)CC2)CCC1. The molecule has 1 unspecified atom stereocenters. The molecule has 2 heteroatoms. The maximum Gasteiger partial charge on any atom is 0.0252 e. The lowest BCUT2D eigenvalue weighted by Crippen LogP contribution is -2.45. The average molecular weight is 270 g/mol. The number of likely N-dealkylation sites (tertiary alicyclic amines) is 1. The Morgan fingerprint density at radius 3 is 2.55 bits per heavy atom. The van der Waals surface area contributed by atoms with Gasteiger partial charge in [-0.1, -0.05) is 42.5 Å². The van der Waals surface area contributed by atoms with Gasteiger partial charge in [-0.25, -0.2) is 0 Å². The normalized spacial score (nSPS) is 24.9. The highest BCUT2D eigenvalue weighted by Gasteiger charge is 2.21. The van der Waals surface area contributed by atoms with Crippen molar-refractivity contribution in [2.45, 2.75) is 50.7 Å². The van der Waals surface area contributed by atoms with Gasteiger partial charge in [0, 0.05) is 18.6 Å². The van der Waals surface area contributed by atoms with E-state index in [1.807, 2.05) is 0 Å². The molecule has 1 N–H and O–H groups in total. The largest absolute Gasteiger partial charge is 0.308 e. The van der Waals surface area contributed by atoms with Crippen LogP contribution in [0.25, 0.3) is 0 Å². The van der Waals surface area contributed by atoms with Crippen molar-refractivity contribution in [1.29, 1.82) is 0 Å². The second-order valence-corrected chi connectivity index (χ2v) is 6.17. The summed E-state index contributed by atoms with van der Waals surface area (Å²) in [6.45, 7) is 3.56. The third-order valence-electron chi connectivity index (χ3n) is 4.54. The van der Waals surface area contributed by atoms with Crippen LogP contribution in [0, 0.1) is 0 Å². The number of benzene rings is 1. The van der Waals surface area contributed by atoms with Gasteiger partial charge in [-0.2, -0.15) is 0 Å². The molecule has 3 rings (SSSR count). The van der Waals surface area contributed by atoms with Gasteiger partial charge >= 0.3 is 0 Å². The first-order valence-electron chi connectivity index (χ1n) is 8.09. The van der Waals surface area contributed by atoms with Crippen molar-refractivity contribution in [3.8, 4) is 0 Å². The highest BCUT2D eigenvalue weighted by molar-refractivity contribution is 5.14. The molecule has 0 radical (unpaired) electrons. The van der Waals surface area contributed by atoms with Crippen LogP contribution in [-0.2, 0) is 6.54 Å². The Hall–Kier alpha value is -1.12. The standard InChI is InChI=1S/C18H26N2/c1-3-7-16(8-4-1)15-20-13-11-18(12-14-20)19-17-9-5-2-6-10-17/h1,3-5,7-9,17-19H,2,6,10-15H2. The Labute approximate surface area is 122 Å². The second kappa shape index (κ2) is 7.05. The maximum atomic E-state index is 3.83. The van der Waals surface area contributed by atoms with Gasteiger partial charge in [-0.05, 0) is 50.8 Å².